The fraction of sp³-hybridized carbons (Fsp3) is 0.733. The third-order valence-electron chi connectivity index (χ3n) is 3.05. The molecule has 16 heavy (non-hydrogen) atoms. The summed E-state index contributed by atoms with van der Waals surface area (Å²) in [5, 5.41) is 0. The van der Waals surface area contributed by atoms with Crippen molar-refractivity contribution in [2.24, 2.45) is 11.8 Å². The van der Waals surface area contributed by atoms with Crippen molar-refractivity contribution in [1.82, 2.24) is 0 Å². The van der Waals surface area contributed by atoms with Gasteiger partial charge in [0.05, 0.1) is 12.9 Å². The standard InChI is InChI=1S/C15H28O/c1-5-8-9-10-11-15(14(4)7-3)13-16-12-6-2/h6,9-10,12,14-15H,5,7-8,11,13H2,1-4H3/b10-9-,12-6+. The Balaban J connectivity index is 3.99. The van der Waals surface area contributed by atoms with E-state index >= 15 is 0 Å². The molecule has 2 atom stereocenters. The summed E-state index contributed by atoms with van der Waals surface area (Å²) in [6, 6.07) is 0. The molecule has 0 aliphatic rings. The van der Waals surface area contributed by atoms with Gasteiger partial charge in [0.2, 0.25) is 0 Å². The number of allylic oxidation sites excluding steroid dienone is 3. The second-order valence-electron chi connectivity index (χ2n) is 4.44. The molecule has 0 saturated heterocycles. The molecule has 0 aliphatic carbocycles. The van der Waals surface area contributed by atoms with E-state index in [2.05, 4.69) is 32.9 Å². The van der Waals surface area contributed by atoms with Gasteiger partial charge in [-0.3, -0.25) is 0 Å². The van der Waals surface area contributed by atoms with Crippen molar-refractivity contribution < 1.29 is 4.74 Å². The molecule has 0 N–H and O–H groups in total. The van der Waals surface area contributed by atoms with Gasteiger partial charge in [-0.05, 0) is 31.6 Å². The van der Waals surface area contributed by atoms with Gasteiger partial charge in [-0.1, -0.05) is 51.8 Å². The third-order valence-corrected chi connectivity index (χ3v) is 3.05. The van der Waals surface area contributed by atoms with E-state index in [1.807, 2.05) is 13.0 Å². The molecule has 0 aliphatic heterocycles. The number of unbranched alkanes of at least 4 members (excludes halogenated alkanes) is 1. The summed E-state index contributed by atoms with van der Waals surface area (Å²) >= 11 is 0. The topological polar surface area (TPSA) is 9.23 Å². The predicted molar refractivity (Wildman–Crippen MR) is 72.4 cm³/mol. The zero-order valence-electron chi connectivity index (χ0n) is 11.4. The van der Waals surface area contributed by atoms with Gasteiger partial charge in [0, 0.05) is 0 Å². The molecule has 1 heteroatoms. The minimum Gasteiger partial charge on any atom is -0.501 e. The molecule has 0 fully saturated rings. The molecule has 0 radical (unpaired) electrons. The summed E-state index contributed by atoms with van der Waals surface area (Å²) in [6.07, 6.45) is 13.2. The maximum absolute atomic E-state index is 5.51. The first-order valence-electron chi connectivity index (χ1n) is 6.63. The molecule has 0 heterocycles. The summed E-state index contributed by atoms with van der Waals surface area (Å²) in [5.41, 5.74) is 0. The van der Waals surface area contributed by atoms with E-state index in [-0.39, 0.29) is 0 Å². The second-order valence-corrected chi connectivity index (χ2v) is 4.44. The Labute approximate surface area is 102 Å². The molecule has 0 amide bonds. The summed E-state index contributed by atoms with van der Waals surface area (Å²) in [6.45, 7) is 9.61. The molecule has 0 saturated carbocycles. The molecule has 0 aromatic rings. The lowest BCUT2D eigenvalue weighted by atomic mass is 9.89. The van der Waals surface area contributed by atoms with Gasteiger partial charge in [0.25, 0.3) is 0 Å². The second kappa shape index (κ2) is 10.8. The molecule has 0 aromatic carbocycles. The summed E-state index contributed by atoms with van der Waals surface area (Å²) < 4.78 is 5.51. The van der Waals surface area contributed by atoms with Crippen molar-refractivity contribution in [3.8, 4) is 0 Å². The van der Waals surface area contributed by atoms with E-state index in [1.165, 1.54) is 19.3 Å². The van der Waals surface area contributed by atoms with Crippen LogP contribution in [0.25, 0.3) is 0 Å². The van der Waals surface area contributed by atoms with E-state index in [0.29, 0.717) is 5.92 Å². The SMILES string of the molecule is C/C=C/OCC(C/C=C\CCC)C(C)CC. The van der Waals surface area contributed by atoms with Crippen molar-refractivity contribution in [2.75, 3.05) is 6.61 Å². The Hall–Kier alpha value is -0.720. The number of rotatable bonds is 9. The molecule has 1 nitrogen and oxygen atoms in total. The smallest absolute Gasteiger partial charge is 0.0906 e. The molecular formula is C15H28O. The Morgan fingerprint density at radius 1 is 1.19 bits per heavy atom. The Morgan fingerprint density at radius 2 is 1.94 bits per heavy atom. The average Bonchev–Trinajstić information content (AvgIpc) is 2.31. The quantitative estimate of drug-likeness (QED) is 0.398. The maximum atomic E-state index is 5.51. The van der Waals surface area contributed by atoms with E-state index in [9.17, 15) is 0 Å². The summed E-state index contributed by atoms with van der Waals surface area (Å²) in [5.74, 6) is 1.38. The lowest BCUT2D eigenvalue weighted by Gasteiger charge is -2.20. The van der Waals surface area contributed by atoms with Crippen LogP contribution in [0.5, 0.6) is 0 Å². The van der Waals surface area contributed by atoms with Gasteiger partial charge in [0.1, 0.15) is 0 Å². The number of ether oxygens (including phenoxy) is 1. The molecule has 2 unspecified atom stereocenters. The van der Waals surface area contributed by atoms with Crippen LogP contribution < -0.4 is 0 Å². The lowest BCUT2D eigenvalue weighted by molar-refractivity contribution is 0.157. The van der Waals surface area contributed by atoms with Gasteiger partial charge in [-0.2, -0.15) is 0 Å². The monoisotopic (exact) mass is 224 g/mol. The zero-order chi connectivity index (χ0) is 12.2. The maximum Gasteiger partial charge on any atom is 0.0906 e. The van der Waals surface area contributed by atoms with Gasteiger partial charge in [0.15, 0.2) is 0 Å². The number of hydrogen-bond donors (Lipinski definition) is 0. The highest BCUT2D eigenvalue weighted by Crippen LogP contribution is 2.20. The van der Waals surface area contributed by atoms with Crippen LogP contribution in [0, 0.1) is 11.8 Å². The largest absolute Gasteiger partial charge is 0.501 e. The van der Waals surface area contributed by atoms with Crippen LogP contribution in [0.1, 0.15) is 53.4 Å². The van der Waals surface area contributed by atoms with Crippen LogP contribution in [0.3, 0.4) is 0 Å². The Morgan fingerprint density at radius 3 is 2.50 bits per heavy atom. The first kappa shape index (κ1) is 15.3. The van der Waals surface area contributed by atoms with Gasteiger partial charge in [-0.15, -0.1) is 0 Å². The van der Waals surface area contributed by atoms with Crippen LogP contribution in [-0.2, 0) is 4.74 Å². The van der Waals surface area contributed by atoms with Crippen LogP contribution in [0.15, 0.2) is 24.5 Å². The minimum atomic E-state index is 0.648. The summed E-state index contributed by atoms with van der Waals surface area (Å²) in [7, 11) is 0. The third kappa shape index (κ3) is 7.56. The van der Waals surface area contributed by atoms with Gasteiger partial charge >= 0.3 is 0 Å². The highest BCUT2D eigenvalue weighted by molar-refractivity contribution is 4.85. The minimum absolute atomic E-state index is 0.648. The Kier molecular flexibility index (Phi) is 10.3. The molecule has 0 aromatic heterocycles. The predicted octanol–water partition coefficient (Wildman–Crippen LogP) is 4.95. The summed E-state index contributed by atoms with van der Waals surface area (Å²) in [4.78, 5) is 0. The van der Waals surface area contributed by atoms with E-state index in [1.54, 1.807) is 6.26 Å². The average molecular weight is 224 g/mol. The fourth-order valence-corrected chi connectivity index (χ4v) is 1.63. The van der Waals surface area contributed by atoms with Crippen LogP contribution in [0.2, 0.25) is 0 Å². The number of hydrogen-bond acceptors (Lipinski definition) is 1. The van der Waals surface area contributed by atoms with Gasteiger partial charge < -0.3 is 4.74 Å². The van der Waals surface area contributed by atoms with E-state index in [4.69, 9.17) is 4.74 Å². The van der Waals surface area contributed by atoms with Crippen LogP contribution in [0.4, 0.5) is 0 Å². The molecule has 0 spiro atoms. The first-order valence-corrected chi connectivity index (χ1v) is 6.63. The molecular weight excluding hydrogens is 196 g/mol. The first-order chi connectivity index (χ1) is 7.76. The van der Waals surface area contributed by atoms with Crippen molar-refractivity contribution in [1.29, 1.82) is 0 Å². The van der Waals surface area contributed by atoms with Gasteiger partial charge in [-0.25, -0.2) is 0 Å². The normalized spacial score (nSPS) is 15.8. The van der Waals surface area contributed by atoms with Crippen LogP contribution >= 0.6 is 0 Å². The zero-order valence-corrected chi connectivity index (χ0v) is 11.4. The van der Waals surface area contributed by atoms with E-state index in [0.717, 1.165) is 18.9 Å². The Bertz CT molecular complexity index is 194. The van der Waals surface area contributed by atoms with Crippen LogP contribution in [-0.4, -0.2) is 6.61 Å². The van der Waals surface area contributed by atoms with Crippen molar-refractivity contribution >= 4 is 0 Å². The molecule has 0 rings (SSSR count). The molecule has 0 bridgehead atoms. The highest BCUT2D eigenvalue weighted by atomic mass is 16.5. The van der Waals surface area contributed by atoms with Crippen molar-refractivity contribution in [3.05, 3.63) is 24.5 Å². The fourth-order valence-electron chi connectivity index (χ4n) is 1.63. The van der Waals surface area contributed by atoms with E-state index < -0.39 is 0 Å². The lowest BCUT2D eigenvalue weighted by Crippen LogP contribution is -2.15. The molecule has 94 valence electrons. The van der Waals surface area contributed by atoms with Crippen molar-refractivity contribution in [2.45, 2.75) is 53.4 Å². The van der Waals surface area contributed by atoms with Crippen molar-refractivity contribution in [3.63, 3.8) is 0 Å². The highest BCUT2D eigenvalue weighted by Gasteiger charge is 2.14.